The lowest BCUT2D eigenvalue weighted by molar-refractivity contribution is 0.0356. The zero-order valence-electron chi connectivity index (χ0n) is 24.9. The highest BCUT2D eigenvalue weighted by atomic mass is 19.1. The number of aromatic nitrogens is 3. The maximum Gasteiger partial charge on any atom is 0.319 e. The number of morpholine rings is 1. The van der Waals surface area contributed by atoms with Gasteiger partial charge in [0.2, 0.25) is 5.88 Å². The Balaban J connectivity index is 1.27. The fourth-order valence-electron chi connectivity index (χ4n) is 8.14. The van der Waals surface area contributed by atoms with Gasteiger partial charge in [0.05, 0.1) is 30.4 Å². The molecule has 4 fully saturated rings. The number of halogens is 3. The zero-order chi connectivity index (χ0) is 31.4. The molecule has 0 unspecified atom stereocenters. The van der Waals surface area contributed by atoms with E-state index in [4.69, 9.17) is 30.6 Å². The van der Waals surface area contributed by atoms with Crippen LogP contribution in [-0.4, -0.2) is 87.8 Å². The van der Waals surface area contributed by atoms with Gasteiger partial charge in [-0.2, -0.15) is 9.97 Å². The number of anilines is 1. The van der Waals surface area contributed by atoms with Gasteiger partial charge in [0.1, 0.15) is 52.4 Å². The summed E-state index contributed by atoms with van der Waals surface area (Å²) < 4.78 is 65.3. The second-order valence-corrected chi connectivity index (χ2v) is 13.1. The van der Waals surface area contributed by atoms with Crippen molar-refractivity contribution in [3.05, 3.63) is 41.5 Å². The lowest BCUT2D eigenvalue weighted by atomic mass is 9.95. The summed E-state index contributed by atoms with van der Waals surface area (Å²) in [4.78, 5) is 18.3. The van der Waals surface area contributed by atoms with Crippen LogP contribution in [0.25, 0.3) is 32.9 Å². The van der Waals surface area contributed by atoms with Crippen LogP contribution in [0.3, 0.4) is 0 Å². The molecule has 5 aliphatic rings. The molecule has 3 atom stereocenters. The Bertz CT molecular complexity index is 2000. The molecule has 236 valence electrons. The van der Waals surface area contributed by atoms with E-state index in [1.54, 1.807) is 0 Å². The molecule has 3 saturated heterocycles. The number of ether oxygens (including phenoxy) is 3. The molecular formula is C34H30F3N5O4. The molecule has 9 rings (SSSR count). The van der Waals surface area contributed by atoms with Crippen molar-refractivity contribution in [3.8, 4) is 41.2 Å². The van der Waals surface area contributed by atoms with Crippen LogP contribution in [0.5, 0.6) is 17.6 Å². The van der Waals surface area contributed by atoms with Gasteiger partial charge in [0.15, 0.2) is 5.82 Å². The first-order chi connectivity index (χ1) is 22.3. The van der Waals surface area contributed by atoms with E-state index >= 15 is 4.39 Å². The van der Waals surface area contributed by atoms with E-state index in [0.717, 1.165) is 32.2 Å². The van der Waals surface area contributed by atoms with Crippen molar-refractivity contribution in [3.63, 3.8) is 0 Å². The quantitative estimate of drug-likeness (QED) is 0.317. The minimum absolute atomic E-state index is 0.0406. The van der Waals surface area contributed by atoms with Gasteiger partial charge in [-0.3, -0.25) is 4.90 Å². The molecular weight excluding hydrogens is 599 g/mol. The second-order valence-electron chi connectivity index (χ2n) is 13.1. The molecule has 0 amide bonds. The summed E-state index contributed by atoms with van der Waals surface area (Å²) in [7, 11) is 0. The van der Waals surface area contributed by atoms with Gasteiger partial charge in [0.25, 0.3) is 0 Å². The number of phenols is 1. The first-order valence-electron chi connectivity index (χ1n) is 15.7. The Hall–Kier alpha value is -4.34. The molecule has 1 saturated carbocycles. The number of rotatable bonds is 4. The largest absolute Gasteiger partial charge is 0.508 e. The number of fused-ring (bicyclic) bond motifs is 5. The summed E-state index contributed by atoms with van der Waals surface area (Å²) in [6.45, 7) is 2.67. The van der Waals surface area contributed by atoms with Crippen LogP contribution in [0, 0.1) is 24.0 Å². The SMILES string of the molecule is C#Cc1c(F)ccc2cc(O)cc(-c3nc4c5c(nc(OC[C@@]67CCCN6C[C@H](F)C7)nc5c3F)N3CCOC[C@H]3C3(CC3)O4)c12. The first-order valence-corrected chi connectivity index (χ1v) is 15.7. The Labute approximate surface area is 262 Å². The highest BCUT2D eigenvalue weighted by Gasteiger charge is 2.58. The molecule has 0 radical (unpaired) electrons. The van der Waals surface area contributed by atoms with Crippen molar-refractivity contribution in [1.29, 1.82) is 0 Å². The van der Waals surface area contributed by atoms with Crippen molar-refractivity contribution in [2.75, 3.05) is 44.4 Å². The fourth-order valence-corrected chi connectivity index (χ4v) is 8.14. The smallest absolute Gasteiger partial charge is 0.319 e. The highest BCUT2D eigenvalue weighted by molar-refractivity contribution is 6.04. The van der Waals surface area contributed by atoms with Crippen molar-refractivity contribution >= 4 is 27.5 Å². The molecule has 1 N–H and O–H groups in total. The Morgan fingerprint density at radius 2 is 1.98 bits per heavy atom. The predicted molar refractivity (Wildman–Crippen MR) is 163 cm³/mol. The maximum atomic E-state index is 17.0. The van der Waals surface area contributed by atoms with E-state index in [9.17, 15) is 13.9 Å². The van der Waals surface area contributed by atoms with Gasteiger partial charge in [-0.05, 0) is 55.8 Å². The number of terminal acetylenes is 1. The number of benzene rings is 2. The minimum Gasteiger partial charge on any atom is -0.508 e. The number of pyridine rings is 1. The Kier molecular flexibility index (Phi) is 5.97. The lowest BCUT2D eigenvalue weighted by Gasteiger charge is -2.39. The molecule has 9 nitrogen and oxygen atoms in total. The summed E-state index contributed by atoms with van der Waals surface area (Å²) in [6, 6.07) is 5.18. The number of nitrogens with zero attached hydrogens (tertiary/aromatic N) is 5. The van der Waals surface area contributed by atoms with Crippen LogP contribution >= 0.6 is 0 Å². The molecule has 2 aromatic heterocycles. The number of phenolic OH excluding ortho intramolecular Hbond substituents is 1. The summed E-state index contributed by atoms with van der Waals surface area (Å²) >= 11 is 0. The summed E-state index contributed by atoms with van der Waals surface area (Å²) in [5.74, 6) is 1.28. The predicted octanol–water partition coefficient (Wildman–Crippen LogP) is 4.90. The van der Waals surface area contributed by atoms with Gasteiger partial charge in [-0.25, -0.2) is 18.2 Å². The summed E-state index contributed by atoms with van der Waals surface area (Å²) in [5, 5.41) is 11.6. The van der Waals surface area contributed by atoms with Crippen LogP contribution in [0.15, 0.2) is 24.3 Å². The standard InChI is InChI=1S/C34H30F3N5O4/c1-2-21-23(36)5-4-18-12-20(43)13-22(25(18)21)28-27(37)29-26-30(42-10-11-44-16-24(42)34(7-8-34)46-31(26)38-28)40-32(39-29)45-17-33-6-3-9-41(33)15-19(35)14-33/h1,4-5,12-13,19,24,43H,3,6-11,14-17H2/t19-,24+,33+/m1/s1. The van der Waals surface area contributed by atoms with Crippen LogP contribution < -0.4 is 14.4 Å². The summed E-state index contributed by atoms with van der Waals surface area (Å²) in [6.07, 6.45) is 8.37. The van der Waals surface area contributed by atoms with Gasteiger partial charge < -0.3 is 24.2 Å². The average Bonchev–Trinajstić information content (AvgIpc) is 3.65. The van der Waals surface area contributed by atoms with E-state index in [0.29, 0.717) is 49.3 Å². The van der Waals surface area contributed by atoms with E-state index in [1.165, 1.54) is 24.3 Å². The molecule has 4 aromatic rings. The van der Waals surface area contributed by atoms with Gasteiger partial charge >= 0.3 is 6.01 Å². The third-order valence-corrected chi connectivity index (χ3v) is 10.4. The minimum atomic E-state index is -0.935. The monoisotopic (exact) mass is 629 g/mol. The van der Waals surface area contributed by atoms with Crippen molar-refractivity contribution < 1.29 is 32.5 Å². The lowest BCUT2D eigenvalue weighted by Crippen LogP contribution is -2.54. The molecule has 4 aliphatic heterocycles. The number of alkyl halides is 1. The Morgan fingerprint density at radius 3 is 2.80 bits per heavy atom. The van der Waals surface area contributed by atoms with Crippen molar-refractivity contribution in [2.45, 2.75) is 55.5 Å². The number of aromatic hydroxyl groups is 1. The van der Waals surface area contributed by atoms with Crippen LogP contribution in [0.2, 0.25) is 0 Å². The number of hydrogen-bond donors (Lipinski definition) is 1. The topological polar surface area (TPSA) is 93.1 Å². The van der Waals surface area contributed by atoms with Crippen LogP contribution in [0.1, 0.15) is 37.7 Å². The molecule has 1 spiro atoms. The van der Waals surface area contributed by atoms with Crippen LogP contribution in [-0.2, 0) is 4.74 Å². The third-order valence-electron chi connectivity index (χ3n) is 10.4. The fraction of sp³-hybridized carbons (Fsp3) is 0.441. The van der Waals surface area contributed by atoms with Crippen LogP contribution in [0.4, 0.5) is 19.0 Å². The third kappa shape index (κ3) is 4.00. The normalized spacial score (nSPS) is 26.1. The van der Waals surface area contributed by atoms with E-state index < -0.39 is 28.9 Å². The Morgan fingerprint density at radius 1 is 1.11 bits per heavy atom. The van der Waals surface area contributed by atoms with Crippen molar-refractivity contribution in [1.82, 2.24) is 19.9 Å². The van der Waals surface area contributed by atoms with E-state index in [1.807, 2.05) is 0 Å². The highest BCUT2D eigenvalue weighted by Crippen LogP contribution is 2.53. The molecule has 2 aromatic carbocycles. The molecule has 6 heterocycles. The van der Waals surface area contributed by atoms with Gasteiger partial charge in [-0.15, -0.1) is 6.42 Å². The van der Waals surface area contributed by atoms with E-state index in [2.05, 4.69) is 20.7 Å². The average molecular weight is 630 g/mol. The van der Waals surface area contributed by atoms with Gasteiger partial charge in [-0.1, -0.05) is 12.0 Å². The maximum absolute atomic E-state index is 17.0. The molecule has 46 heavy (non-hydrogen) atoms. The first kappa shape index (κ1) is 27.9. The molecule has 1 aliphatic carbocycles. The van der Waals surface area contributed by atoms with Crippen molar-refractivity contribution in [2.24, 2.45) is 0 Å². The van der Waals surface area contributed by atoms with E-state index in [-0.39, 0.29) is 58.0 Å². The molecule has 0 bridgehead atoms. The second kappa shape index (κ2) is 9.83. The molecule has 12 heteroatoms. The number of hydrogen-bond acceptors (Lipinski definition) is 9. The zero-order valence-corrected chi connectivity index (χ0v) is 24.9. The van der Waals surface area contributed by atoms with Gasteiger partial charge in [0, 0.05) is 30.5 Å². The summed E-state index contributed by atoms with van der Waals surface area (Å²) in [5.41, 5.74) is -1.36.